The third-order valence-electron chi connectivity index (χ3n) is 3.36. The molecular weight excluding hydrogens is 192 g/mol. The van der Waals surface area contributed by atoms with Crippen LogP contribution >= 0.6 is 0 Å². The number of carboxylic acid groups (broad SMARTS) is 1. The average molecular weight is 204 g/mol. The zero-order valence-electron chi connectivity index (χ0n) is 8.32. The number of aryl methyl sites for hydroxylation is 1. The summed E-state index contributed by atoms with van der Waals surface area (Å²) < 4.78 is 5.46. The first-order valence-electron chi connectivity index (χ1n) is 5.27. The second kappa shape index (κ2) is 2.99. The van der Waals surface area contributed by atoms with Crippen LogP contribution < -0.4 is 4.74 Å². The Balaban J connectivity index is 2.17. The first-order chi connectivity index (χ1) is 7.27. The first-order valence-corrected chi connectivity index (χ1v) is 5.27. The molecule has 15 heavy (non-hydrogen) atoms. The summed E-state index contributed by atoms with van der Waals surface area (Å²) in [5.41, 5.74) is 3.38. The summed E-state index contributed by atoms with van der Waals surface area (Å²) in [5, 5.41) is 9.15. The Hall–Kier alpha value is -1.51. The highest BCUT2D eigenvalue weighted by atomic mass is 16.5. The second-order valence-electron chi connectivity index (χ2n) is 4.14. The summed E-state index contributed by atoms with van der Waals surface area (Å²) in [6, 6.07) is 3.99. The molecule has 0 unspecified atom stereocenters. The Morgan fingerprint density at radius 1 is 1.40 bits per heavy atom. The van der Waals surface area contributed by atoms with E-state index in [0.29, 0.717) is 6.61 Å². The van der Waals surface area contributed by atoms with Crippen LogP contribution in [0.2, 0.25) is 0 Å². The number of carbonyl (C=O) groups is 1. The molecule has 0 fully saturated rings. The molecule has 0 saturated carbocycles. The number of hydrogen-bond donors (Lipinski definition) is 1. The number of carboxylic acids is 1. The van der Waals surface area contributed by atoms with Crippen LogP contribution in [0.1, 0.15) is 29.0 Å². The van der Waals surface area contributed by atoms with E-state index in [1.807, 2.05) is 12.1 Å². The van der Waals surface area contributed by atoms with Crippen molar-refractivity contribution in [3.8, 4) is 5.75 Å². The van der Waals surface area contributed by atoms with E-state index in [0.717, 1.165) is 36.1 Å². The van der Waals surface area contributed by atoms with Crippen LogP contribution in [0.25, 0.3) is 0 Å². The lowest BCUT2D eigenvalue weighted by molar-refractivity contribution is -0.138. The molecule has 1 heterocycles. The van der Waals surface area contributed by atoms with E-state index >= 15 is 0 Å². The minimum absolute atomic E-state index is 0.309. The van der Waals surface area contributed by atoms with E-state index in [1.54, 1.807) is 0 Å². The number of fused-ring (bicyclic) bond motifs is 3. The van der Waals surface area contributed by atoms with Crippen molar-refractivity contribution in [2.75, 3.05) is 6.61 Å². The van der Waals surface area contributed by atoms with Crippen LogP contribution in [0.4, 0.5) is 0 Å². The Kier molecular flexibility index (Phi) is 1.75. The number of rotatable bonds is 1. The van der Waals surface area contributed by atoms with Crippen LogP contribution in [-0.4, -0.2) is 17.7 Å². The van der Waals surface area contributed by atoms with Gasteiger partial charge in [-0.05, 0) is 30.0 Å². The average Bonchev–Trinajstić information content (AvgIpc) is 2.82. The molecule has 3 heteroatoms. The normalized spacial score (nSPS) is 22.0. The van der Waals surface area contributed by atoms with E-state index in [2.05, 4.69) is 0 Å². The van der Waals surface area contributed by atoms with E-state index in [4.69, 9.17) is 9.84 Å². The van der Waals surface area contributed by atoms with E-state index in [1.165, 1.54) is 5.56 Å². The Bertz CT molecular complexity index is 437. The van der Waals surface area contributed by atoms with Crippen LogP contribution in [0.3, 0.4) is 0 Å². The van der Waals surface area contributed by atoms with Gasteiger partial charge in [0.1, 0.15) is 5.75 Å². The maximum Gasteiger partial charge on any atom is 0.311 e. The number of benzene rings is 1. The Morgan fingerprint density at radius 3 is 3.07 bits per heavy atom. The predicted molar refractivity (Wildman–Crippen MR) is 54.3 cm³/mol. The topological polar surface area (TPSA) is 46.5 Å². The molecule has 1 aliphatic heterocycles. The number of ether oxygens (including phenoxy) is 1. The lowest BCUT2D eigenvalue weighted by Crippen LogP contribution is -2.09. The van der Waals surface area contributed by atoms with Crippen LogP contribution in [0, 0.1) is 0 Å². The molecule has 1 N–H and O–H groups in total. The highest BCUT2D eigenvalue weighted by Gasteiger charge is 2.33. The molecule has 1 aliphatic carbocycles. The zero-order chi connectivity index (χ0) is 10.4. The minimum Gasteiger partial charge on any atom is -0.493 e. The van der Waals surface area contributed by atoms with E-state index < -0.39 is 5.97 Å². The van der Waals surface area contributed by atoms with Gasteiger partial charge in [-0.1, -0.05) is 6.07 Å². The molecule has 2 aliphatic rings. The number of aliphatic carboxylic acids is 1. The van der Waals surface area contributed by atoms with Crippen molar-refractivity contribution in [3.63, 3.8) is 0 Å². The van der Waals surface area contributed by atoms with Gasteiger partial charge < -0.3 is 9.84 Å². The molecule has 78 valence electrons. The smallest absolute Gasteiger partial charge is 0.311 e. The largest absolute Gasteiger partial charge is 0.493 e. The molecule has 0 bridgehead atoms. The van der Waals surface area contributed by atoms with Crippen molar-refractivity contribution >= 4 is 5.97 Å². The fourth-order valence-corrected chi connectivity index (χ4v) is 2.69. The van der Waals surface area contributed by atoms with Crippen molar-refractivity contribution < 1.29 is 14.6 Å². The summed E-state index contributed by atoms with van der Waals surface area (Å²) in [6.07, 6.45) is 2.49. The van der Waals surface area contributed by atoms with Crippen molar-refractivity contribution in [3.05, 3.63) is 28.8 Å². The lowest BCUT2D eigenvalue weighted by atomic mass is 9.94. The summed E-state index contributed by atoms with van der Waals surface area (Å²) in [6.45, 7) is 0.693. The Labute approximate surface area is 87.7 Å². The van der Waals surface area contributed by atoms with Gasteiger partial charge in [0.2, 0.25) is 0 Å². The molecular formula is C12H12O3. The van der Waals surface area contributed by atoms with Crippen LogP contribution in [0.5, 0.6) is 5.75 Å². The van der Waals surface area contributed by atoms with Crippen molar-refractivity contribution in [1.29, 1.82) is 0 Å². The van der Waals surface area contributed by atoms with E-state index in [-0.39, 0.29) is 5.92 Å². The maximum atomic E-state index is 11.1. The maximum absolute atomic E-state index is 11.1. The quantitative estimate of drug-likeness (QED) is 0.757. The van der Waals surface area contributed by atoms with Gasteiger partial charge in [-0.2, -0.15) is 0 Å². The Morgan fingerprint density at radius 2 is 2.27 bits per heavy atom. The van der Waals surface area contributed by atoms with Gasteiger partial charge in [0.15, 0.2) is 0 Å². The van der Waals surface area contributed by atoms with Crippen molar-refractivity contribution in [2.24, 2.45) is 0 Å². The fraction of sp³-hybridized carbons (Fsp3) is 0.417. The summed E-state index contributed by atoms with van der Waals surface area (Å²) in [4.78, 5) is 11.1. The van der Waals surface area contributed by atoms with Gasteiger partial charge in [-0.25, -0.2) is 0 Å². The van der Waals surface area contributed by atoms with E-state index in [9.17, 15) is 4.79 Å². The standard InChI is InChI=1S/C12H12O3/c13-12(14)9-3-1-7-2-4-10-8(11(7)9)5-6-15-10/h2,4,9H,1,3,5-6H2,(H,13,14)/t9-/m0/s1. The zero-order valence-corrected chi connectivity index (χ0v) is 8.32. The van der Waals surface area contributed by atoms with Gasteiger partial charge in [0.05, 0.1) is 12.5 Å². The molecule has 0 amide bonds. The predicted octanol–water partition coefficient (Wildman–Crippen LogP) is 1.74. The third-order valence-corrected chi connectivity index (χ3v) is 3.36. The van der Waals surface area contributed by atoms with Gasteiger partial charge in [-0.3, -0.25) is 4.79 Å². The summed E-state index contributed by atoms with van der Waals surface area (Å²) in [7, 11) is 0. The van der Waals surface area contributed by atoms with Crippen LogP contribution in [0.15, 0.2) is 12.1 Å². The van der Waals surface area contributed by atoms with Gasteiger partial charge in [0, 0.05) is 12.0 Å². The molecule has 3 rings (SSSR count). The molecule has 0 aromatic heterocycles. The van der Waals surface area contributed by atoms with Gasteiger partial charge >= 0.3 is 5.97 Å². The van der Waals surface area contributed by atoms with Gasteiger partial charge in [-0.15, -0.1) is 0 Å². The molecule has 3 nitrogen and oxygen atoms in total. The number of hydrogen-bond acceptors (Lipinski definition) is 2. The summed E-state index contributed by atoms with van der Waals surface area (Å²) in [5.74, 6) is -0.118. The van der Waals surface area contributed by atoms with Crippen molar-refractivity contribution in [2.45, 2.75) is 25.2 Å². The monoisotopic (exact) mass is 204 g/mol. The molecule has 0 saturated heterocycles. The summed E-state index contributed by atoms with van der Waals surface area (Å²) >= 11 is 0. The fourth-order valence-electron chi connectivity index (χ4n) is 2.69. The highest BCUT2D eigenvalue weighted by molar-refractivity contribution is 5.79. The molecule has 0 spiro atoms. The minimum atomic E-state index is -0.700. The first kappa shape index (κ1) is 8.77. The van der Waals surface area contributed by atoms with Crippen molar-refractivity contribution in [1.82, 2.24) is 0 Å². The molecule has 1 aromatic carbocycles. The third kappa shape index (κ3) is 1.16. The lowest BCUT2D eigenvalue weighted by Gasteiger charge is -2.10. The molecule has 1 aromatic rings. The SMILES string of the molecule is O=C(O)[C@H]1CCc2ccc3c(c21)CCO3. The van der Waals surface area contributed by atoms with Crippen LogP contribution in [-0.2, 0) is 17.6 Å². The van der Waals surface area contributed by atoms with Gasteiger partial charge in [0.25, 0.3) is 0 Å². The molecule has 1 atom stereocenters. The highest BCUT2D eigenvalue weighted by Crippen LogP contribution is 2.41. The second-order valence-corrected chi connectivity index (χ2v) is 4.14. The molecule has 0 radical (unpaired) electrons.